The number of halogens is 6. The summed E-state index contributed by atoms with van der Waals surface area (Å²) in [4.78, 5) is 2.96. The van der Waals surface area contributed by atoms with Crippen LogP contribution in [0.4, 0.5) is 32.0 Å². The fourth-order valence-corrected chi connectivity index (χ4v) is 4.09. The molecule has 0 radical (unpaired) electrons. The second-order valence-electron chi connectivity index (χ2n) is 7.93. The Morgan fingerprint density at radius 2 is 1.60 bits per heavy atom. The summed E-state index contributed by atoms with van der Waals surface area (Å²) < 4.78 is 92.7. The summed E-state index contributed by atoms with van der Waals surface area (Å²) in [5.41, 5.74) is -0.398. The van der Waals surface area contributed by atoms with Crippen molar-refractivity contribution in [2.45, 2.75) is 44.7 Å². The van der Waals surface area contributed by atoms with Crippen molar-refractivity contribution >= 4 is 5.69 Å². The summed E-state index contributed by atoms with van der Waals surface area (Å²) in [5, 5.41) is 0. The maximum absolute atomic E-state index is 13.9. The minimum atomic E-state index is -4.67. The topological polar surface area (TPSA) is 24.9 Å². The summed E-state index contributed by atoms with van der Waals surface area (Å²) >= 11 is 0. The van der Waals surface area contributed by atoms with E-state index in [4.69, 9.17) is 9.47 Å². The van der Waals surface area contributed by atoms with Gasteiger partial charge in [-0.3, -0.25) is 4.90 Å². The largest absolute Gasteiger partial charge is 0.416 e. The second-order valence-corrected chi connectivity index (χ2v) is 7.93. The van der Waals surface area contributed by atoms with E-state index in [0.29, 0.717) is 31.9 Å². The molecule has 0 N–H and O–H groups in total. The highest BCUT2D eigenvalue weighted by molar-refractivity contribution is 5.57. The van der Waals surface area contributed by atoms with E-state index in [1.54, 1.807) is 13.8 Å². The predicted octanol–water partition coefficient (Wildman–Crippen LogP) is 4.43. The molecule has 170 valence electrons. The number of benzene rings is 1. The first kappa shape index (κ1) is 23.1. The Hall–Kier alpha value is -1.52. The standard InChI is InChI=1S/C20H26F6N2O2/c1-13(2)18-14(11-27-3-6-29-7-4-27)9-15(10-16(18)19(21,22)23)28-5-8-30-12-17(28)20(24,25)26/h9-10,13,17H,3-8,11-12H2,1-2H3. The summed E-state index contributed by atoms with van der Waals surface area (Å²) in [6, 6.07) is 0.375. The van der Waals surface area contributed by atoms with Crippen LogP contribution in [0.25, 0.3) is 0 Å². The Balaban J connectivity index is 2.09. The number of nitrogens with zero attached hydrogens (tertiary/aromatic N) is 2. The fourth-order valence-electron chi connectivity index (χ4n) is 4.09. The minimum Gasteiger partial charge on any atom is -0.379 e. The van der Waals surface area contributed by atoms with Gasteiger partial charge in [0.2, 0.25) is 0 Å². The van der Waals surface area contributed by atoms with Crippen LogP contribution in [-0.4, -0.2) is 63.2 Å². The zero-order valence-corrected chi connectivity index (χ0v) is 16.9. The van der Waals surface area contributed by atoms with Gasteiger partial charge in [0.1, 0.15) is 6.04 Å². The molecule has 30 heavy (non-hydrogen) atoms. The van der Waals surface area contributed by atoms with Crippen molar-refractivity contribution in [3.63, 3.8) is 0 Å². The minimum absolute atomic E-state index is 0.0264. The molecule has 1 aromatic rings. The van der Waals surface area contributed by atoms with Crippen LogP contribution in [0, 0.1) is 0 Å². The van der Waals surface area contributed by atoms with Gasteiger partial charge in [-0.25, -0.2) is 0 Å². The van der Waals surface area contributed by atoms with Crippen LogP contribution >= 0.6 is 0 Å². The summed E-state index contributed by atoms with van der Waals surface area (Å²) in [7, 11) is 0. The number of morpholine rings is 2. The Morgan fingerprint density at radius 1 is 0.967 bits per heavy atom. The van der Waals surface area contributed by atoms with E-state index < -0.39 is 36.5 Å². The van der Waals surface area contributed by atoms with Gasteiger partial charge < -0.3 is 14.4 Å². The molecule has 2 aliphatic rings. The molecule has 3 rings (SSSR count). The molecule has 2 heterocycles. The third-order valence-electron chi connectivity index (χ3n) is 5.47. The molecular weight excluding hydrogens is 414 g/mol. The molecule has 0 aromatic heterocycles. The van der Waals surface area contributed by atoms with E-state index in [9.17, 15) is 26.3 Å². The van der Waals surface area contributed by atoms with E-state index in [2.05, 4.69) is 0 Å². The van der Waals surface area contributed by atoms with Crippen molar-refractivity contribution in [2.24, 2.45) is 0 Å². The average molecular weight is 440 g/mol. The molecule has 2 saturated heterocycles. The van der Waals surface area contributed by atoms with Gasteiger partial charge in [-0.15, -0.1) is 0 Å². The first-order valence-corrected chi connectivity index (χ1v) is 9.93. The van der Waals surface area contributed by atoms with E-state index in [1.807, 2.05) is 4.90 Å². The van der Waals surface area contributed by atoms with Crippen LogP contribution in [0.3, 0.4) is 0 Å². The van der Waals surface area contributed by atoms with E-state index in [1.165, 1.54) is 6.07 Å². The molecule has 1 aromatic carbocycles. The molecule has 0 bridgehead atoms. The monoisotopic (exact) mass is 440 g/mol. The Morgan fingerprint density at radius 3 is 2.17 bits per heavy atom. The summed E-state index contributed by atoms with van der Waals surface area (Å²) in [6.07, 6.45) is -9.28. The van der Waals surface area contributed by atoms with Crippen LogP contribution < -0.4 is 4.90 Å². The Labute approximate surface area is 171 Å². The van der Waals surface area contributed by atoms with Gasteiger partial charge in [-0.1, -0.05) is 13.8 Å². The zero-order valence-electron chi connectivity index (χ0n) is 16.9. The molecule has 1 atom stereocenters. The SMILES string of the molecule is CC(C)c1c(CN2CCOCC2)cc(N2CCOCC2C(F)(F)F)cc1C(F)(F)F. The number of alkyl halides is 6. The fraction of sp³-hybridized carbons (Fsp3) is 0.700. The molecule has 2 aliphatic heterocycles. The molecule has 0 spiro atoms. The molecule has 10 heteroatoms. The zero-order chi connectivity index (χ0) is 22.1. The second kappa shape index (κ2) is 8.92. The van der Waals surface area contributed by atoms with E-state index in [-0.39, 0.29) is 30.9 Å². The Kier molecular flexibility index (Phi) is 6.88. The lowest BCUT2D eigenvalue weighted by Gasteiger charge is -2.39. The highest BCUT2D eigenvalue weighted by atomic mass is 19.4. The molecular formula is C20H26F6N2O2. The van der Waals surface area contributed by atoms with Crippen molar-refractivity contribution in [3.05, 3.63) is 28.8 Å². The lowest BCUT2D eigenvalue weighted by molar-refractivity contribution is -0.167. The summed E-state index contributed by atoms with van der Waals surface area (Å²) in [5.74, 6) is -0.435. The summed E-state index contributed by atoms with van der Waals surface area (Å²) in [6.45, 7) is 4.94. The molecule has 1 unspecified atom stereocenters. The first-order valence-electron chi connectivity index (χ1n) is 9.93. The predicted molar refractivity (Wildman–Crippen MR) is 99.6 cm³/mol. The normalized spacial score (nSPS) is 22.0. The van der Waals surface area contributed by atoms with Gasteiger partial charge in [-0.2, -0.15) is 26.3 Å². The van der Waals surface area contributed by atoms with Crippen molar-refractivity contribution < 1.29 is 35.8 Å². The van der Waals surface area contributed by atoms with Gasteiger partial charge in [0, 0.05) is 31.9 Å². The smallest absolute Gasteiger partial charge is 0.379 e. The van der Waals surface area contributed by atoms with Crippen molar-refractivity contribution in [1.29, 1.82) is 0 Å². The van der Waals surface area contributed by atoms with Crippen LogP contribution in [0.2, 0.25) is 0 Å². The number of anilines is 1. The first-order chi connectivity index (χ1) is 14.0. The van der Waals surface area contributed by atoms with E-state index >= 15 is 0 Å². The lowest BCUT2D eigenvalue weighted by Crippen LogP contribution is -2.53. The third kappa shape index (κ3) is 5.20. The lowest BCUT2D eigenvalue weighted by atomic mass is 9.90. The van der Waals surface area contributed by atoms with Crippen LogP contribution in [0.15, 0.2) is 12.1 Å². The maximum atomic E-state index is 13.9. The van der Waals surface area contributed by atoms with Gasteiger partial charge in [0.15, 0.2) is 0 Å². The van der Waals surface area contributed by atoms with Gasteiger partial charge >= 0.3 is 12.4 Å². The van der Waals surface area contributed by atoms with E-state index in [0.717, 1.165) is 11.0 Å². The van der Waals surface area contributed by atoms with Crippen molar-refractivity contribution in [1.82, 2.24) is 4.90 Å². The molecule has 0 saturated carbocycles. The van der Waals surface area contributed by atoms with Crippen molar-refractivity contribution in [2.75, 3.05) is 51.0 Å². The highest BCUT2D eigenvalue weighted by Crippen LogP contribution is 2.41. The van der Waals surface area contributed by atoms with Crippen LogP contribution in [0.1, 0.15) is 36.5 Å². The molecule has 0 amide bonds. The molecule has 4 nitrogen and oxygen atoms in total. The number of ether oxygens (including phenoxy) is 2. The molecule has 0 aliphatic carbocycles. The third-order valence-corrected chi connectivity index (χ3v) is 5.47. The van der Waals surface area contributed by atoms with Crippen LogP contribution in [0.5, 0.6) is 0 Å². The van der Waals surface area contributed by atoms with Crippen LogP contribution in [-0.2, 0) is 22.2 Å². The average Bonchev–Trinajstić information content (AvgIpc) is 2.66. The highest BCUT2D eigenvalue weighted by Gasteiger charge is 2.46. The van der Waals surface area contributed by atoms with Gasteiger partial charge in [0.05, 0.1) is 32.0 Å². The van der Waals surface area contributed by atoms with Crippen molar-refractivity contribution in [3.8, 4) is 0 Å². The maximum Gasteiger partial charge on any atom is 0.416 e. The van der Waals surface area contributed by atoms with Gasteiger partial charge in [0.25, 0.3) is 0 Å². The van der Waals surface area contributed by atoms with Gasteiger partial charge in [-0.05, 0) is 29.2 Å². The quantitative estimate of drug-likeness (QED) is 0.647. The number of rotatable bonds is 4. The Bertz CT molecular complexity index is 729. The molecule has 2 fully saturated rings. The number of hydrogen-bond donors (Lipinski definition) is 0. The number of hydrogen-bond acceptors (Lipinski definition) is 4.